The van der Waals surface area contributed by atoms with Gasteiger partial charge in [0, 0.05) is 5.69 Å². The van der Waals surface area contributed by atoms with E-state index in [0.717, 1.165) is 12.1 Å². The quantitative estimate of drug-likeness (QED) is 0.666. The number of rotatable bonds is 4. The van der Waals surface area contributed by atoms with Crippen molar-refractivity contribution >= 4 is 5.97 Å². The van der Waals surface area contributed by atoms with Crippen LogP contribution < -0.4 is 10.3 Å². The van der Waals surface area contributed by atoms with Gasteiger partial charge in [0.15, 0.2) is 0 Å². The van der Waals surface area contributed by atoms with Crippen molar-refractivity contribution in [3.05, 3.63) is 62.6 Å². The molecule has 2 aromatic rings. The van der Waals surface area contributed by atoms with Gasteiger partial charge in [0.25, 0.3) is 5.56 Å². The number of benzene rings is 1. The SMILES string of the molecule is Cc1[nH]c(=O)c(C#N)c(C)c1CCC(=O)Oc1ccccc1C(F)(F)F. The zero-order valence-corrected chi connectivity index (χ0v) is 14.0. The number of aromatic amines is 1. The first kappa shape index (κ1) is 19.2. The van der Waals surface area contributed by atoms with E-state index >= 15 is 0 Å². The molecule has 1 aromatic carbocycles. The van der Waals surface area contributed by atoms with Gasteiger partial charge in [-0.25, -0.2) is 0 Å². The topological polar surface area (TPSA) is 83.0 Å². The van der Waals surface area contributed by atoms with E-state index in [-0.39, 0.29) is 18.4 Å². The van der Waals surface area contributed by atoms with Crippen LogP contribution in [0, 0.1) is 25.2 Å². The molecule has 0 saturated heterocycles. The maximum atomic E-state index is 12.9. The Morgan fingerprint density at radius 3 is 2.54 bits per heavy atom. The van der Waals surface area contributed by atoms with Crippen molar-refractivity contribution in [3.8, 4) is 11.8 Å². The van der Waals surface area contributed by atoms with Crippen LogP contribution in [-0.2, 0) is 17.4 Å². The van der Waals surface area contributed by atoms with Crippen LogP contribution in [0.1, 0.15) is 34.4 Å². The van der Waals surface area contributed by atoms with Crippen molar-refractivity contribution in [2.45, 2.75) is 32.9 Å². The molecule has 0 aliphatic heterocycles. The van der Waals surface area contributed by atoms with E-state index in [4.69, 9.17) is 10.00 Å². The Kier molecular flexibility index (Phi) is 5.50. The van der Waals surface area contributed by atoms with Gasteiger partial charge in [-0.3, -0.25) is 9.59 Å². The maximum absolute atomic E-state index is 12.9. The van der Waals surface area contributed by atoms with Crippen molar-refractivity contribution in [1.82, 2.24) is 4.98 Å². The van der Waals surface area contributed by atoms with Crippen LogP contribution >= 0.6 is 0 Å². The lowest BCUT2D eigenvalue weighted by Gasteiger charge is -2.13. The average molecular weight is 364 g/mol. The predicted molar refractivity (Wildman–Crippen MR) is 86.7 cm³/mol. The van der Waals surface area contributed by atoms with E-state index in [0.29, 0.717) is 16.8 Å². The Morgan fingerprint density at radius 1 is 1.27 bits per heavy atom. The highest BCUT2D eigenvalue weighted by Gasteiger charge is 2.34. The third-order valence-corrected chi connectivity index (χ3v) is 3.92. The molecule has 1 N–H and O–H groups in total. The molecule has 0 unspecified atom stereocenters. The fourth-order valence-corrected chi connectivity index (χ4v) is 2.61. The summed E-state index contributed by atoms with van der Waals surface area (Å²) >= 11 is 0. The minimum Gasteiger partial charge on any atom is -0.426 e. The molecule has 5 nitrogen and oxygen atoms in total. The van der Waals surface area contributed by atoms with Gasteiger partial charge < -0.3 is 9.72 Å². The molecule has 2 rings (SSSR count). The van der Waals surface area contributed by atoms with Crippen molar-refractivity contribution < 1.29 is 22.7 Å². The lowest BCUT2D eigenvalue weighted by molar-refractivity contribution is -0.142. The van der Waals surface area contributed by atoms with E-state index < -0.39 is 29.0 Å². The van der Waals surface area contributed by atoms with Crippen LogP contribution in [0.2, 0.25) is 0 Å². The molecule has 1 heterocycles. The van der Waals surface area contributed by atoms with Crippen LogP contribution in [0.4, 0.5) is 13.2 Å². The highest BCUT2D eigenvalue weighted by Crippen LogP contribution is 2.36. The number of nitrogens with one attached hydrogen (secondary N) is 1. The zero-order valence-electron chi connectivity index (χ0n) is 14.0. The lowest BCUT2D eigenvalue weighted by atomic mass is 9.99. The number of esters is 1. The van der Waals surface area contributed by atoms with Gasteiger partial charge in [-0.2, -0.15) is 18.4 Å². The number of para-hydroxylation sites is 1. The summed E-state index contributed by atoms with van der Waals surface area (Å²) in [4.78, 5) is 26.2. The molecule has 26 heavy (non-hydrogen) atoms. The molecular formula is C18H15F3N2O3. The monoisotopic (exact) mass is 364 g/mol. The largest absolute Gasteiger partial charge is 0.426 e. The van der Waals surface area contributed by atoms with Crippen molar-refractivity contribution in [2.24, 2.45) is 0 Å². The Morgan fingerprint density at radius 2 is 1.92 bits per heavy atom. The number of nitrogens with zero attached hydrogens (tertiary/aromatic N) is 1. The Hall–Kier alpha value is -3.08. The van der Waals surface area contributed by atoms with Crippen LogP contribution in [-0.4, -0.2) is 11.0 Å². The summed E-state index contributed by atoms with van der Waals surface area (Å²) < 4.78 is 43.6. The fourth-order valence-electron chi connectivity index (χ4n) is 2.61. The second-order valence-corrected chi connectivity index (χ2v) is 5.64. The number of pyridine rings is 1. The van der Waals surface area contributed by atoms with Crippen LogP contribution in [0.3, 0.4) is 0 Å². The number of nitriles is 1. The van der Waals surface area contributed by atoms with Crippen molar-refractivity contribution in [2.75, 3.05) is 0 Å². The number of alkyl halides is 3. The Balaban J connectivity index is 2.17. The maximum Gasteiger partial charge on any atom is 0.419 e. The Bertz CT molecular complexity index is 940. The summed E-state index contributed by atoms with van der Waals surface area (Å²) in [6, 6.07) is 6.25. The summed E-state index contributed by atoms with van der Waals surface area (Å²) in [5, 5.41) is 9.03. The summed E-state index contributed by atoms with van der Waals surface area (Å²) in [6.45, 7) is 3.20. The molecule has 0 amide bonds. The van der Waals surface area contributed by atoms with E-state index in [2.05, 4.69) is 4.98 Å². The number of ether oxygens (including phenoxy) is 1. The van der Waals surface area contributed by atoms with Gasteiger partial charge in [0.1, 0.15) is 17.4 Å². The zero-order chi connectivity index (χ0) is 19.5. The molecule has 0 atom stereocenters. The van der Waals surface area contributed by atoms with Gasteiger partial charge in [-0.05, 0) is 43.5 Å². The third-order valence-electron chi connectivity index (χ3n) is 3.92. The first-order valence-electron chi connectivity index (χ1n) is 7.64. The number of hydrogen-bond acceptors (Lipinski definition) is 4. The van der Waals surface area contributed by atoms with Gasteiger partial charge in [-0.1, -0.05) is 12.1 Å². The predicted octanol–water partition coefficient (Wildman–Crippen LogP) is 3.42. The molecule has 0 radical (unpaired) electrons. The van der Waals surface area contributed by atoms with Gasteiger partial charge >= 0.3 is 12.1 Å². The second kappa shape index (κ2) is 7.44. The molecule has 0 fully saturated rings. The fraction of sp³-hybridized carbons (Fsp3) is 0.278. The number of carbonyl (C=O) groups is 1. The lowest BCUT2D eigenvalue weighted by Crippen LogP contribution is -2.18. The molecule has 0 aliphatic carbocycles. The molecule has 8 heteroatoms. The number of halogens is 3. The van der Waals surface area contributed by atoms with E-state index in [1.165, 1.54) is 12.1 Å². The van der Waals surface area contributed by atoms with Gasteiger partial charge in [0.2, 0.25) is 0 Å². The van der Waals surface area contributed by atoms with Crippen molar-refractivity contribution in [3.63, 3.8) is 0 Å². The number of hydrogen-bond donors (Lipinski definition) is 1. The smallest absolute Gasteiger partial charge is 0.419 e. The van der Waals surface area contributed by atoms with E-state index in [9.17, 15) is 22.8 Å². The number of H-pyrrole nitrogens is 1. The van der Waals surface area contributed by atoms with Crippen LogP contribution in [0.15, 0.2) is 29.1 Å². The van der Waals surface area contributed by atoms with Gasteiger partial charge in [0.05, 0.1) is 12.0 Å². The summed E-state index contributed by atoms with van der Waals surface area (Å²) in [7, 11) is 0. The number of aryl methyl sites for hydroxylation is 1. The summed E-state index contributed by atoms with van der Waals surface area (Å²) in [5.41, 5.74) is -0.0831. The van der Waals surface area contributed by atoms with Crippen LogP contribution in [0.25, 0.3) is 0 Å². The standard InChI is InChI=1S/C18H15F3N2O3/c1-10-12(11(2)23-17(25)13(10)9-22)7-8-16(24)26-15-6-4-3-5-14(15)18(19,20)21/h3-6H,7-8H2,1-2H3,(H,23,25). The van der Waals surface area contributed by atoms with Crippen LogP contribution in [0.5, 0.6) is 5.75 Å². The third kappa shape index (κ3) is 4.11. The van der Waals surface area contributed by atoms with Gasteiger partial charge in [-0.15, -0.1) is 0 Å². The molecule has 1 aromatic heterocycles. The average Bonchev–Trinajstić information content (AvgIpc) is 2.54. The Labute approximate surface area is 147 Å². The molecule has 136 valence electrons. The minimum absolute atomic E-state index is 0.0543. The highest BCUT2D eigenvalue weighted by atomic mass is 19.4. The highest BCUT2D eigenvalue weighted by molar-refractivity contribution is 5.73. The minimum atomic E-state index is -4.63. The molecule has 0 bridgehead atoms. The summed E-state index contributed by atoms with van der Waals surface area (Å²) in [6.07, 6.45) is -4.72. The van der Waals surface area contributed by atoms with E-state index in [1.807, 2.05) is 0 Å². The first-order chi connectivity index (χ1) is 12.1. The number of aromatic nitrogens is 1. The first-order valence-corrected chi connectivity index (χ1v) is 7.64. The molecule has 0 aliphatic rings. The summed E-state index contributed by atoms with van der Waals surface area (Å²) in [5.74, 6) is -1.40. The second-order valence-electron chi connectivity index (χ2n) is 5.64. The molecular weight excluding hydrogens is 349 g/mol. The van der Waals surface area contributed by atoms with E-state index in [1.54, 1.807) is 19.9 Å². The van der Waals surface area contributed by atoms with Crippen molar-refractivity contribution in [1.29, 1.82) is 5.26 Å². The normalized spacial score (nSPS) is 11.1. The molecule has 0 spiro atoms. The molecule has 0 saturated carbocycles. The number of carbonyl (C=O) groups excluding carboxylic acids is 1.